The molecule has 0 spiro atoms. The number of nitrogens with one attached hydrogen (secondary N) is 1. The monoisotopic (exact) mass is 392 g/mol. The SMILES string of the molecule is O=C1NC(=O)C([C@@H]2CCCc3cc(Oc4ccc(Cl)cc4Cl)cnc32)O1. The molecule has 1 unspecified atom stereocenters. The number of hydrogen-bond donors (Lipinski definition) is 1. The van der Waals surface area contributed by atoms with Crippen molar-refractivity contribution in [3.63, 3.8) is 0 Å². The number of aryl methyl sites for hydroxylation is 1. The Morgan fingerprint density at radius 2 is 2.08 bits per heavy atom. The summed E-state index contributed by atoms with van der Waals surface area (Å²) in [7, 11) is 0. The van der Waals surface area contributed by atoms with E-state index >= 15 is 0 Å². The van der Waals surface area contributed by atoms with Gasteiger partial charge in [-0.3, -0.25) is 15.1 Å². The number of ether oxygens (including phenoxy) is 2. The molecule has 8 heteroatoms. The number of fused-ring (bicyclic) bond motifs is 1. The maximum atomic E-state index is 11.9. The fraction of sp³-hybridized carbons (Fsp3) is 0.278. The van der Waals surface area contributed by atoms with Crippen LogP contribution < -0.4 is 10.1 Å². The van der Waals surface area contributed by atoms with E-state index in [2.05, 4.69) is 10.3 Å². The number of aromatic nitrogens is 1. The van der Waals surface area contributed by atoms with Crippen molar-refractivity contribution in [1.29, 1.82) is 0 Å². The van der Waals surface area contributed by atoms with Crippen molar-refractivity contribution in [1.82, 2.24) is 10.3 Å². The van der Waals surface area contributed by atoms with Crippen LogP contribution in [0.5, 0.6) is 11.5 Å². The van der Waals surface area contributed by atoms with Crippen molar-refractivity contribution in [3.8, 4) is 11.5 Å². The van der Waals surface area contributed by atoms with Crippen molar-refractivity contribution >= 4 is 35.2 Å². The normalized spacial score (nSPS) is 21.8. The van der Waals surface area contributed by atoms with Crippen LogP contribution in [-0.4, -0.2) is 23.1 Å². The number of rotatable bonds is 3. The first-order chi connectivity index (χ1) is 12.5. The third kappa shape index (κ3) is 3.22. The summed E-state index contributed by atoms with van der Waals surface area (Å²) in [6.07, 6.45) is 2.46. The van der Waals surface area contributed by atoms with E-state index in [1.807, 2.05) is 6.07 Å². The number of halogens is 2. The van der Waals surface area contributed by atoms with Crippen LogP contribution in [0.1, 0.15) is 30.0 Å². The molecular formula is C18H14Cl2N2O4. The summed E-state index contributed by atoms with van der Waals surface area (Å²) in [6.45, 7) is 0. The molecule has 2 aliphatic rings. The van der Waals surface area contributed by atoms with Gasteiger partial charge in [-0.25, -0.2) is 4.79 Å². The lowest BCUT2D eigenvalue weighted by molar-refractivity contribution is -0.124. The van der Waals surface area contributed by atoms with Gasteiger partial charge in [0, 0.05) is 10.9 Å². The molecule has 1 saturated heterocycles. The second-order valence-electron chi connectivity index (χ2n) is 6.21. The predicted molar refractivity (Wildman–Crippen MR) is 94.9 cm³/mol. The molecule has 6 nitrogen and oxygen atoms in total. The molecule has 0 radical (unpaired) electrons. The van der Waals surface area contributed by atoms with Crippen molar-refractivity contribution in [2.24, 2.45) is 0 Å². The highest BCUT2D eigenvalue weighted by Crippen LogP contribution is 2.38. The van der Waals surface area contributed by atoms with Gasteiger partial charge in [-0.05, 0) is 49.1 Å². The van der Waals surface area contributed by atoms with Crippen molar-refractivity contribution in [2.75, 3.05) is 0 Å². The topological polar surface area (TPSA) is 77.5 Å². The van der Waals surface area contributed by atoms with Gasteiger partial charge < -0.3 is 9.47 Å². The largest absolute Gasteiger partial charge is 0.454 e. The van der Waals surface area contributed by atoms with Gasteiger partial charge >= 0.3 is 6.09 Å². The standard InChI is InChI=1S/C18H14Cl2N2O4/c19-10-4-5-14(13(20)7-10)25-11-6-9-2-1-3-12(15(9)21-8-11)16-17(23)22-18(24)26-16/h4-8,12,16H,1-3H2,(H,22,23,24)/t12-,16?/m1/s1. The maximum absolute atomic E-state index is 11.9. The minimum absolute atomic E-state index is 0.252. The number of imide groups is 1. The van der Waals surface area contributed by atoms with Gasteiger partial charge in [-0.15, -0.1) is 0 Å². The van der Waals surface area contributed by atoms with Gasteiger partial charge in [0.25, 0.3) is 5.91 Å². The van der Waals surface area contributed by atoms with Crippen molar-refractivity contribution in [3.05, 3.63) is 51.8 Å². The minimum Gasteiger partial charge on any atom is -0.454 e. The number of carbonyl (C=O) groups is 2. The molecule has 4 rings (SSSR count). The first-order valence-electron chi connectivity index (χ1n) is 8.14. The van der Waals surface area contributed by atoms with Crippen LogP contribution in [0.3, 0.4) is 0 Å². The number of amides is 2. The zero-order valence-electron chi connectivity index (χ0n) is 13.5. The molecule has 1 aliphatic heterocycles. The van der Waals surface area contributed by atoms with E-state index in [1.165, 1.54) is 0 Å². The second kappa shape index (κ2) is 6.78. The molecule has 1 aromatic carbocycles. The van der Waals surface area contributed by atoms with Gasteiger partial charge in [0.1, 0.15) is 11.5 Å². The van der Waals surface area contributed by atoms with Crippen LogP contribution in [0.2, 0.25) is 10.0 Å². The molecule has 1 N–H and O–H groups in total. The highest BCUT2D eigenvalue weighted by atomic mass is 35.5. The summed E-state index contributed by atoms with van der Waals surface area (Å²) >= 11 is 12.0. The fourth-order valence-corrected chi connectivity index (χ4v) is 3.80. The first kappa shape index (κ1) is 17.1. The van der Waals surface area contributed by atoms with Gasteiger partial charge in [-0.2, -0.15) is 0 Å². The summed E-state index contributed by atoms with van der Waals surface area (Å²) in [5, 5.41) is 3.10. The number of nitrogens with zero attached hydrogens (tertiary/aromatic N) is 1. The quantitative estimate of drug-likeness (QED) is 0.844. The number of alkyl carbamates (subject to hydrolysis) is 1. The van der Waals surface area contributed by atoms with Crippen LogP contribution in [-0.2, 0) is 16.0 Å². The molecule has 134 valence electrons. The van der Waals surface area contributed by atoms with E-state index < -0.39 is 18.1 Å². The zero-order valence-corrected chi connectivity index (χ0v) is 15.0. The summed E-state index contributed by atoms with van der Waals surface area (Å²) < 4.78 is 10.9. The highest BCUT2D eigenvalue weighted by molar-refractivity contribution is 6.35. The van der Waals surface area contributed by atoms with Gasteiger partial charge in [0.15, 0.2) is 6.10 Å². The lowest BCUT2D eigenvalue weighted by Gasteiger charge is -2.26. The molecule has 26 heavy (non-hydrogen) atoms. The smallest absolute Gasteiger partial charge is 0.414 e. The lowest BCUT2D eigenvalue weighted by atomic mass is 9.83. The average Bonchev–Trinajstić information content (AvgIpc) is 2.95. The first-order valence-corrected chi connectivity index (χ1v) is 8.90. The zero-order chi connectivity index (χ0) is 18.3. The van der Waals surface area contributed by atoms with Crippen molar-refractivity contribution in [2.45, 2.75) is 31.3 Å². The molecule has 1 aliphatic carbocycles. The van der Waals surface area contributed by atoms with Crippen LogP contribution in [0, 0.1) is 0 Å². The molecule has 0 saturated carbocycles. The van der Waals surface area contributed by atoms with E-state index in [4.69, 9.17) is 32.7 Å². The van der Waals surface area contributed by atoms with Gasteiger partial charge in [0.05, 0.1) is 16.9 Å². The molecule has 2 amide bonds. The summed E-state index contributed by atoms with van der Waals surface area (Å²) in [5.74, 6) is 0.358. The van der Waals surface area contributed by atoms with Gasteiger partial charge in [-0.1, -0.05) is 23.2 Å². The Bertz CT molecular complexity index is 903. The molecule has 0 bridgehead atoms. The van der Waals surface area contributed by atoms with E-state index in [0.717, 1.165) is 30.5 Å². The minimum atomic E-state index is -0.827. The van der Waals surface area contributed by atoms with E-state index in [9.17, 15) is 9.59 Å². The third-order valence-corrected chi connectivity index (χ3v) is 5.02. The van der Waals surface area contributed by atoms with Crippen LogP contribution >= 0.6 is 23.2 Å². The maximum Gasteiger partial charge on any atom is 0.414 e. The number of carbonyl (C=O) groups excluding carboxylic acids is 2. The Morgan fingerprint density at radius 1 is 1.23 bits per heavy atom. The highest BCUT2D eigenvalue weighted by Gasteiger charge is 2.41. The van der Waals surface area contributed by atoms with Gasteiger partial charge in [0.2, 0.25) is 0 Å². The Balaban J connectivity index is 1.60. The lowest BCUT2D eigenvalue weighted by Crippen LogP contribution is -2.32. The fourth-order valence-electron chi connectivity index (χ4n) is 3.35. The Hall–Kier alpha value is -2.31. The number of cyclic esters (lactones) is 1. The molecule has 2 heterocycles. The summed E-state index contributed by atoms with van der Waals surface area (Å²) in [6, 6.07) is 6.87. The third-order valence-electron chi connectivity index (χ3n) is 4.49. The summed E-state index contributed by atoms with van der Waals surface area (Å²) in [4.78, 5) is 27.7. The Labute approximate surface area is 159 Å². The molecule has 2 aromatic rings. The van der Waals surface area contributed by atoms with Crippen LogP contribution in [0.25, 0.3) is 0 Å². The molecule has 1 fully saturated rings. The van der Waals surface area contributed by atoms with Crippen LogP contribution in [0.15, 0.2) is 30.5 Å². The number of hydrogen-bond acceptors (Lipinski definition) is 5. The van der Waals surface area contributed by atoms with Crippen LogP contribution in [0.4, 0.5) is 4.79 Å². The Morgan fingerprint density at radius 3 is 2.81 bits per heavy atom. The van der Waals surface area contributed by atoms with E-state index in [0.29, 0.717) is 21.5 Å². The van der Waals surface area contributed by atoms with E-state index in [1.54, 1.807) is 24.4 Å². The predicted octanol–water partition coefficient (Wildman–Crippen LogP) is 4.24. The number of pyridine rings is 1. The molecular weight excluding hydrogens is 379 g/mol. The van der Waals surface area contributed by atoms with E-state index in [-0.39, 0.29) is 5.92 Å². The Kier molecular flexibility index (Phi) is 4.46. The second-order valence-corrected chi connectivity index (χ2v) is 7.05. The molecule has 2 atom stereocenters. The summed E-state index contributed by atoms with van der Waals surface area (Å²) in [5.41, 5.74) is 1.74. The number of benzene rings is 1. The van der Waals surface area contributed by atoms with Crippen molar-refractivity contribution < 1.29 is 19.1 Å². The molecule has 1 aromatic heterocycles. The average molecular weight is 393 g/mol.